The summed E-state index contributed by atoms with van der Waals surface area (Å²) < 4.78 is 5.34. The van der Waals surface area contributed by atoms with Crippen molar-refractivity contribution >= 4 is 0 Å². The summed E-state index contributed by atoms with van der Waals surface area (Å²) in [5.41, 5.74) is 6.53. The van der Waals surface area contributed by atoms with Crippen LogP contribution in [-0.4, -0.2) is 19.1 Å². The summed E-state index contributed by atoms with van der Waals surface area (Å²) in [6.45, 7) is 9.12. The van der Waals surface area contributed by atoms with Gasteiger partial charge in [0.2, 0.25) is 0 Å². The van der Waals surface area contributed by atoms with Crippen LogP contribution in [0, 0.1) is 17.3 Å². The third kappa shape index (κ3) is 3.40. The third-order valence-electron chi connectivity index (χ3n) is 5.24. The van der Waals surface area contributed by atoms with E-state index in [2.05, 4.69) is 26.1 Å². The first-order valence-electron chi connectivity index (χ1n) is 7.50. The highest BCUT2D eigenvalue weighted by molar-refractivity contribution is 4.98. The molecule has 0 saturated heterocycles. The first-order chi connectivity index (χ1) is 9.01. The van der Waals surface area contributed by atoms with Crippen molar-refractivity contribution in [3.05, 3.63) is 24.2 Å². The second-order valence-electron chi connectivity index (χ2n) is 6.58. The lowest BCUT2D eigenvalue weighted by Gasteiger charge is -2.47. The molecule has 1 aromatic rings. The predicted molar refractivity (Wildman–Crippen MR) is 78.9 cm³/mol. The van der Waals surface area contributed by atoms with Crippen LogP contribution in [0.25, 0.3) is 0 Å². The number of rotatable bonds is 5. The van der Waals surface area contributed by atoms with Gasteiger partial charge >= 0.3 is 0 Å². The Hall–Kier alpha value is -0.800. The van der Waals surface area contributed by atoms with Gasteiger partial charge in [0.15, 0.2) is 0 Å². The predicted octanol–water partition coefficient (Wildman–Crippen LogP) is 2.81. The van der Waals surface area contributed by atoms with Crippen LogP contribution in [0.2, 0.25) is 0 Å². The van der Waals surface area contributed by atoms with Crippen molar-refractivity contribution in [2.75, 3.05) is 13.1 Å². The molecule has 1 fully saturated rings. The zero-order valence-corrected chi connectivity index (χ0v) is 12.5. The second-order valence-corrected chi connectivity index (χ2v) is 6.58. The summed E-state index contributed by atoms with van der Waals surface area (Å²) in [6, 6.07) is 4.35. The van der Waals surface area contributed by atoms with Crippen LogP contribution < -0.4 is 11.1 Å². The Morgan fingerprint density at radius 1 is 1.42 bits per heavy atom. The third-order valence-corrected chi connectivity index (χ3v) is 5.24. The van der Waals surface area contributed by atoms with Gasteiger partial charge in [-0.3, -0.25) is 0 Å². The zero-order valence-electron chi connectivity index (χ0n) is 12.5. The molecule has 3 nitrogen and oxygen atoms in total. The molecule has 3 unspecified atom stereocenters. The van der Waals surface area contributed by atoms with Crippen molar-refractivity contribution < 1.29 is 4.42 Å². The fourth-order valence-electron chi connectivity index (χ4n) is 3.25. The highest BCUT2D eigenvalue weighted by atomic mass is 16.3. The van der Waals surface area contributed by atoms with E-state index in [1.165, 1.54) is 6.42 Å². The minimum absolute atomic E-state index is 0.329. The van der Waals surface area contributed by atoms with Crippen LogP contribution in [-0.2, 0) is 6.42 Å². The molecular formula is C16H28N2O. The van der Waals surface area contributed by atoms with E-state index in [4.69, 9.17) is 10.2 Å². The minimum atomic E-state index is 0.329. The van der Waals surface area contributed by atoms with Crippen molar-refractivity contribution in [2.45, 2.75) is 46.1 Å². The summed E-state index contributed by atoms with van der Waals surface area (Å²) >= 11 is 0. The number of nitrogens with two attached hydrogens (primary N) is 1. The molecule has 2 rings (SSSR count). The molecule has 3 N–H and O–H groups in total. The normalized spacial score (nSPS) is 30.4. The first-order valence-corrected chi connectivity index (χ1v) is 7.50. The fraction of sp³-hybridized carbons (Fsp3) is 0.750. The van der Waals surface area contributed by atoms with Gasteiger partial charge in [-0.25, -0.2) is 0 Å². The van der Waals surface area contributed by atoms with Gasteiger partial charge in [-0.15, -0.1) is 0 Å². The minimum Gasteiger partial charge on any atom is -0.469 e. The van der Waals surface area contributed by atoms with Gasteiger partial charge < -0.3 is 15.5 Å². The largest absolute Gasteiger partial charge is 0.469 e. The molecule has 3 atom stereocenters. The molecule has 1 heterocycles. The van der Waals surface area contributed by atoms with E-state index in [0.29, 0.717) is 17.4 Å². The molecule has 0 aromatic carbocycles. The number of nitrogens with one attached hydrogen (secondary N) is 1. The molecule has 0 radical (unpaired) electrons. The maximum atomic E-state index is 6.20. The highest BCUT2D eigenvalue weighted by Gasteiger charge is 2.40. The van der Waals surface area contributed by atoms with Crippen LogP contribution in [0.1, 0.15) is 39.4 Å². The Labute approximate surface area is 116 Å². The molecule has 0 bridgehead atoms. The lowest BCUT2D eigenvalue weighted by molar-refractivity contribution is 0.0542. The zero-order chi connectivity index (χ0) is 13.9. The molecule has 1 aliphatic rings. The Kier molecular flexibility index (Phi) is 4.69. The van der Waals surface area contributed by atoms with Crippen LogP contribution in [0.5, 0.6) is 0 Å². The average molecular weight is 264 g/mol. The maximum absolute atomic E-state index is 6.20. The molecule has 0 amide bonds. The van der Waals surface area contributed by atoms with Crippen molar-refractivity contribution in [3.63, 3.8) is 0 Å². The molecule has 1 aromatic heterocycles. The SMILES string of the molecule is CC1C(N)CCC(CNCCc2ccco2)C1(C)C. The molecule has 108 valence electrons. The van der Waals surface area contributed by atoms with Gasteiger partial charge in [0.05, 0.1) is 6.26 Å². The highest BCUT2D eigenvalue weighted by Crippen LogP contribution is 2.43. The summed E-state index contributed by atoms with van der Waals surface area (Å²) in [4.78, 5) is 0. The van der Waals surface area contributed by atoms with E-state index in [-0.39, 0.29) is 0 Å². The Bertz CT molecular complexity index is 372. The molecular weight excluding hydrogens is 236 g/mol. The Morgan fingerprint density at radius 3 is 2.89 bits per heavy atom. The fourth-order valence-corrected chi connectivity index (χ4v) is 3.25. The van der Waals surface area contributed by atoms with Crippen LogP contribution in [0.3, 0.4) is 0 Å². The molecule has 1 saturated carbocycles. The molecule has 0 spiro atoms. The van der Waals surface area contributed by atoms with Crippen LogP contribution in [0.15, 0.2) is 22.8 Å². The van der Waals surface area contributed by atoms with Gasteiger partial charge in [-0.05, 0) is 48.8 Å². The van der Waals surface area contributed by atoms with Gasteiger partial charge in [0.25, 0.3) is 0 Å². The summed E-state index contributed by atoms with van der Waals surface area (Å²) in [5, 5.41) is 3.58. The molecule has 19 heavy (non-hydrogen) atoms. The number of hydrogen-bond donors (Lipinski definition) is 2. The monoisotopic (exact) mass is 264 g/mol. The Balaban J connectivity index is 1.76. The standard InChI is InChI=1S/C16H28N2O/c1-12-15(17)7-6-13(16(12,2)3)11-18-9-8-14-5-4-10-19-14/h4-5,10,12-13,15,18H,6-9,11,17H2,1-3H3. The summed E-state index contributed by atoms with van der Waals surface area (Å²) in [5.74, 6) is 2.38. The molecule has 3 heteroatoms. The van der Waals surface area contributed by atoms with Crippen molar-refractivity contribution in [2.24, 2.45) is 23.0 Å². The summed E-state index contributed by atoms with van der Waals surface area (Å²) in [7, 11) is 0. The van der Waals surface area contributed by atoms with Gasteiger partial charge in [0.1, 0.15) is 5.76 Å². The van der Waals surface area contributed by atoms with Crippen LogP contribution in [0.4, 0.5) is 0 Å². The molecule has 0 aliphatic heterocycles. The van der Waals surface area contributed by atoms with E-state index >= 15 is 0 Å². The van der Waals surface area contributed by atoms with E-state index in [1.807, 2.05) is 12.1 Å². The first kappa shape index (κ1) is 14.6. The second kappa shape index (κ2) is 6.10. The van der Waals surface area contributed by atoms with E-state index in [0.717, 1.165) is 37.6 Å². The summed E-state index contributed by atoms with van der Waals surface area (Å²) in [6.07, 6.45) is 5.11. The van der Waals surface area contributed by atoms with E-state index < -0.39 is 0 Å². The lowest BCUT2D eigenvalue weighted by atomic mass is 9.61. The van der Waals surface area contributed by atoms with Crippen molar-refractivity contribution in [3.8, 4) is 0 Å². The Morgan fingerprint density at radius 2 is 2.21 bits per heavy atom. The average Bonchev–Trinajstić information content (AvgIpc) is 2.87. The maximum Gasteiger partial charge on any atom is 0.105 e. The quantitative estimate of drug-likeness (QED) is 0.804. The lowest BCUT2D eigenvalue weighted by Crippen LogP contribution is -2.49. The van der Waals surface area contributed by atoms with Crippen molar-refractivity contribution in [1.29, 1.82) is 0 Å². The number of furan rings is 1. The van der Waals surface area contributed by atoms with Gasteiger partial charge in [-0.1, -0.05) is 20.8 Å². The topological polar surface area (TPSA) is 51.2 Å². The number of hydrogen-bond acceptors (Lipinski definition) is 3. The van der Waals surface area contributed by atoms with Crippen molar-refractivity contribution in [1.82, 2.24) is 5.32 Å². The van der Waals surface area contributed by atoms with Gasteiger partial charge in [0, 0.05) is 19.0 Å². The van der Waals surface area contributed by atoms with E-state index in [1.54, 1.807) is 6.26 Å². The van der Waals surface area contributed by atoms with Crippen LogP contribution >= 0.6 is 0 Å². The molecule has 1 aliphatic carbocycles. The van der Waals surface area contributed by atoms with Gasteiger partial charge in [-0.2, -0.15) is 0 Å². The smallest absolute Gasteiger partial charge is 0.105 e. The van der Waals surface area contributed by atoms with E-state index in [9.17, 15) is 0 Å².